The summed E-state index contributed by atoms with van der Waals surface area (Å²) in [6.07, 6.45) is 1.94. The number of carbonyl (C=O) groups excluding carboxylic acids is 1. The molecule has 1 unspecified atom stereocenters. The van der Waals surface area contributed by atoms with E-state index in [1.54, 1.807) is 0 Å². The van der Waals surface area contributed by atoms with Gasteiger partial charge in [-0.15, -0.1) is 12.4 Å². The molecule has 0 heterocycles. The van der Waals surface area contributed by atoms with Crippen molar-refractivity contribution in [2.24, 2.45) is 11.7 Å². The fraction of sp³-hybridized carbons (Fsp3) is 0.462. The summed E-state index contributed by atoms with van der Waals surface area (Å²) in [5.41, 5.74) is 5.79. The van der Waals surface area contributed by atoms with E-state index in [0.717, 1.165) is 12.8 Å². The monoisotopic (exact) mass is 368 g/mol. The number of halogens is 2. The Morgan fingerprint density at radius 2 is 2.14 bits per heavy atom. The summed E-state index contributed by atoms with van der Waals surface area (Å²) in [5, 5.41) is -0.0306. The molecule has 0 aromatic heterocycles. The van der Waals surface area contributed by atoms with Gasteiger partial charge < -0.3 is 10.5 Å². The average Bonchev–Trinajstić information content (AvgIpc) is 3.28. The first-order chi connectivity index (χ1) is 9.89. The molecule has 1 saturated carbocycles. The van der Waals surface area contributed by atoms with Gasteiger partial charge in [0.2, 0.25) is 10.0 Å². The largest absolute Gasteiger partial charge is 0.465 e. The number of nitrogens with one attached hydrogen (secondary N) is 1. The van der Waals surface area contributed by atoms with Crippen LogP contribution in [0.15, 0.2) is 23.1 Å². The van der Waals surface area contributed by atoms with Gasteiger partial charge >= 0.3 is 5.97 Å². The van der Waals surface area contributed by atoms with Gasteiger partial charge in [-0.25, -0.2) is 17.9 Å². The topological polar surface area (TPSA) is 98.5 Å². The van der Waals surface area contributed by atoms with Crippen molar-refractivity contribution in [3.05, 3.63) is 28.8 Å². The number of hydrogen-bond donors (Lipinski definition) is 2. The van der Waals surface area contributed by atoms with E-state index in [9.17, 15) is 13.2 Å². The summed E-state index contributed by atoms with van der Waals surface area (Å²) in [6, 6.07) is 3.64. The van der Waals surface area contributed by atoms with Crippen LogP contribution < -0.4 is 10.5 Å². The third-order valence-electron chi connectivity index (χ3n) is 3.39. The fourth-order valence-electron chi connectivity index (χ4n) is 2.06. The van der Waals surface area contributed by atoms with Crippen LogP contribution in [-0.2, 0) is 14.8 Å². The van der Waals surface area contributed by atoms with E-state index in [1.165, 1.54) is 25.3 Å². The van der Waals surface area contributed by atoms with Crippen LogP contribution in [-0.4, -0.2) is 34.1 Å². The molecule has 1 aliphatic rings. The smallest absolute Gasteiger partial charge is 0.337 e. The van der Waals surface area contributed by atoms with Gasteiger partial charge in [0.1, 0.15) is 4.90 Å². The first-order valence-corrected chi connectivity index (χ1v) is 8.35. The molecule has 2 rings (SSSR count). The van der Waals surface area contributed by atoms with Crippen LogP contribution in [0.1, 0.15) is 23.2 Å². The maximum Gasteiger partial charge on any atom is 0.337 e. The minimum Gasteiger partial charge on any atom is -0.465 e. The molecule has 22 heavy (non-hydrogen) atoms. The first-order valence-electron chi connectivity index (χ1n) is 6.49. The fourth-order valence-corrected chi connectivity index (χ4v) is 3.92. The Kier molecular flexibility index (Phi) is 6.64. The summed E-state index contributed by atoms with van der Waals surface area (Å²) in [4.78, 5) is 11.3. The Balaban J connectivity index is 0.00000242. The lowest BCUT2D eigenvalue weighted by atomic mass is 10.2. The molecule has 1 aromatic rings. The maximum absolute atomic E-state index is 12.3. The van der Waals surface area contributed by atoms with Crippen LogP contribution in [0.2, 0.25) is 5.02 Å². The number of benzene rings is 1. The van der Waals surface area contributed by atoms with Crippen LogP contribution in [0.5, 0.6) is 0 Å². The Labute approximate surface area is 140 Å². The van der Waals surface area contributed by atoms with Gasteiger partial charge in [-0.1, -0.05) is 11.6 Å². The van der Waals surface area contributed by atoms with Crippen LogP contribution >= 0.6 is 24.0 Å². The summed E-state index contributed by atoms with van der Waals surface area (Å²) >= 11 is 5.98. The Hall–Kier alpha value is -0.860. The number of hydrogen-bond acceptors (Lipinski definition) is 5. The molecule has 3 N–H and O–H groups in total. The van der Waals surface area contributed by atoms with E-state index in [-0.39, 0.29) is 46.4 Å². The number of esters is 1. The van der Waals surface area contributed by atoms with Crippen molar-refractivity contribution >= 4 is 40.0 Å². The zero-order valence-electron chi connectivity index (χ0n) is 11.9. The minimum atomic E-state index is -3.77. The van der Waals surface area contributed by atoms with Crippen molar-refractivity contribution in [1.29, 1.82) is 0 Å². The lowest BCUT2D eigenvalue weighted by Gasteiger charge is -2.17. The number of methoxy groups -OCH3 is 1. The van der Waals surface area contributed by atoms with Crippen molar-refractivity contribution in [3.8, 4) is 0 Å². The Morgan fingerprint density at radius 1 is 1.50 bits per heavy atom. The normalized spacial score (nSPS) is 15.8. The third kappa shape index (κ3) is 4.33. The van der Waals surface area contributed by atoms with Gasteiger partial charge in [-0.3, -0.25) is 0 Å². The first kappa shape index (κ1) is 19.2. The summed E-state index contributed by atoms with van der Waals surface area (Å²) < 4.78 is 31.8. The van der Waals surface area contributed by atoms with Crippen LogP contribution in [0.4, 0.5) is 0 Å². The number of ether oxygens (including phenoxy) is 1. The standard InChI is InChI=1S/C13H17ClN2O4S.ClH/c1-20-13(17)9-4-5-12(10(14)6-9)21(18,19)16-11(7-15)8-2-3-8;/h4-6,8,11,16H,2-3,7,15H2,1H3;1H. The number of carbonyl (C=O) groups is 1. The third-order valence-corrected chi connectivity index (χ3v) is 5.37. The Morgan fingerprint density at radius 3 is 2.59 bits per heavy atom. The highest BCUT2D eigenvalue weighted by Gasteiger charge is 2.34. The molecule has 9 heteroatoms. The molecule has 1 aromatic carbocycles. The van der Waals surface area contributed by atoms with Crippen LogP contribution in [0, 0.1) is 5.92 Å². The molecule has 0 spiro atoms. The molecule has 0 aliphatic heterocycles. The molecule has 6 nitrogen and oxygen atoms in total. The molecule has 1 fully saturated rings. The molecule has 124 valence electrons. The van der Waals surface area contributed by atoms with E-state index in [1.807, 2.05) is 0 Å². The summed E-state index contributed by atoms with van der Waals surface area (Å²) in [7, 11) is -2.53. The molecular weight excluding hydrogens is 351 g/mol. The molecule has 0 bridgehead atoms. The van der Waals surface area contributed by atoms with Gasteiger partial charge in [-0.2, -0.15) is 0 Å². The number of nitrogens with two attached hydrogens (primary N) is 1. The van der Waals surface area contributed by atoms with Gasteiger partial charge in [-0.05, 0) is 37.0 Å². The zero-order valence-corrected chi connectivity index (χ0v) is 14.3. The van der Waals surface area contributed by atoms with Crippen molar-refractivity contribution in [3.63, 3.8) is 0 Å². The van der Waals surface area contributed by atoms with E-state index >= 15 is 0 Å². The average molecular weight is 369 g/mol. The quantitative estimate of drug-likeness (QED) is 0.742. The van der Waals surface area contributed by atoms with E-state index in [2.05, 4.69) is 9.46 Å². The van der Waals surface area contributed by atoms with E-state index in [4.69, 9.17) is 17.3 Å². The molecule has 1 atom stereocenters. The van der Waals surface area contributed by atoms with Crippen LogP contribution in [0.3, 0.4) is 0 Å². The summed E-state index contributed by atoms with van der Waals surface area (Å²) in [5.74, 6) is -0.287. The highest BCUT2D eigenvalue weighted by molar-refractivity contribution is 7.89. The predicted molar refractivity (Wildman–Crippen MR) is 85.9 cm³/mol. The SMILES string of the molecule is COC(=O)c1ccc(S(=O)(=O)NC(CN)C2CC2)c(Cl)c1.Cl. The lowest BCUT2D eigenvalue weighted by Crippen LogP contribution is -2.41. The van der Waals surface area contributed by atoms with Gasteiger partial charge in [0.15, 0.2) is 0 Å². The maximum atomic E-state index is 12.3. The molecular formula is C13H18Cl2N2O4S. The number of sulfonamides is 1. The predicted octanol–water partition coefficient (Wildman–Crippen LogP) is 1.56. The van der Waals surface area contributed by atoms with Crippen molar-refractivity contribution in [2.75, 3.05) is 13.7 Å². The second kappa shape index (κ2) is 7.61. The molecule has 1 aliphatic carbocycles. The molecule has 0 saturated heterocycles. The van der Waals surface area contributed by atoms with Gasteiger partial charge in [0, 0.05) is 12.6 Å². The highest BCUT2D eigenvalue weighted by atomic mass is 35.5. The lowest BCUT2D eigenvalue weighted by molar-refractivity contribution is 0.0600. The number of rotatable bonds is 6. The van der Waals surface area contributed by atoms with Crippen molar-refractivity contribution in [2.45, 2.75) is 23.8 Å². The van der Waals surface area contributed by atoms with Gasteiger partial charge in [0.05, 0.1) is 17.7 Å². The minimum absolute atomic E-state index is 0. The van der Waals surface area contributed by atoms with Crippen molar-refractivity contribution < 1.29 is 17.9 Å². The van der Waals surface area contributed by atoms with Crippen molar-refractivity contribution in [1.82, 2.24) is 4.72 Å². The zero-order chi connectivity index (χ0) is 15.6. The Bertz CT molecular complexity index is 647. The summed E-state index contributed by atoms with van der Waals surface area (Å²) in [6.45, 7) is 0.238. The van der Waals surface area contributed by atoms with E-state index < -0.39 is 16.0 Å². The highest BCUT2D eigenvalue weighted by Crippen LogP contribution is 2.33. The van der Waals surface area contributed by atoms with Gasteiger partial charge in [0.25, 0.3) is 0 Å². The molecule has 0 radical (unpaired) electrons. The molecule has 0 amide bonds. The van der Waals surface area contributed by atoms with E-state index in [0.29, 0.717) is 0 Å². The van der Waals surface area contributed by atoms with Crippen LogP contribution in [0.25, 0.3) is 0 Å². The second-order valence-corrected chi connectivity index (χ2v) is 7.03. The second-order valence-electron chi connectivity index (χ2n) is 4.94.